The van der Waals surface area contributed by atoms with Crippen LogP contribution in [0.1, 0.15) is 0 Å². The summed E-state index contributed by atoms with van der Waals surface area (Å²) in [6.07, 6.45) is 0. The molecule has 1 atom stereocenters. The van der Waals surface area contributed by atoms with Crippen LogP contribution in [0, 0.1) is 0 Å². The van der Waals surface area contributed by atoms with Crippen molar-refractivity contribution in [3.63, 3.8) is 0 Å². The van der Waals surface area contributed by atoms with Crippen molar-refractivity contribution in [2.45, 2.75) is 0 Å². The molecule has 0 rings (SSSR count). The zero-order valence-corrected chi connectivity index (χ0v) is 4.52. The predicted octanol–water partition coefficient (Wildman–Crippen LogP) is -1.52. The van der Waals surface area contributed by atoms with E-state index in [1.165, 1.54) is 0 Å². The average molecular weight is 84.9 g/mol. The van der Waals surface area contributed by atoms with Crippen LogP contribution in [0.3, 0.4) is 0 Å². The monoisotopic (exact) mass is 85.0 g/mol. The van der Waals surface area contributed by atoms with E-state index in [4.69, 9.17) is 5.16 Å². The summed E-state index contributed by atoms with van der Waals surface area (Å²) >= 11 is 0. The van der Waals surface area contributed by atoms with Gasteiger partial charge in [-0.25, -0.2) is 8.06 Å². The van der Waals surface area contributed by atoms with E-state index in [1.54, 1.807) is 0 Å². The maximum Gasteiger partial charge on any atom is 1.00 e. The SMILES string of the molecule is [Li+].[N-]=PP. The first-order valence-corrected chi connectivity index (χ1v) is 2.92. The van der Waals surface area contributed by atoms with E-state index in [1.807, 2.05) is 0 Å². The minimum atomic E-state index is 0. The van der Waals surface area contributed by atoms with E-state index in [-0.39, 0.29) is 18.9 Å². The van der Waals surface area contributed by atoms with Crippen molar-refractivity contribution in [1.82, 2.24) is 0 Å². The van der Waals surface area contributed by atoms with Gasteiger partial charge in [0.05, 0.1) is 0 Å². The molecule has 4 heavy (non-hydrogen) atoms. The zero-order chi connectivity index (χ0) is 2.71. The Hall–Kier alpha value is 1.13. The zero-order valence-electron chi connectivity index (χ0n) is 2.47. The third-order valence-corrected chi connectivity index (χ3v) is 0. The van der Waals surface area contributed by atoms with E-state index in [0.717, 1.165) is 0 Å². The first kappa shape index (κ1) is 8.93. The smallest absolute Gasteiger partial charge is 0.780 e. The summed E-state index contributed by atoms with van der Waals surface area (Å²) in [7, 11) is 2.44. The summed E-state index contributed by atoms with van der Waals surface area (Å²) < 4.78 is 0. The summed E-state index contributed by atoms with van der Waals surface area (Å²) in [5.74, 6) is 0. The maximum atomic E-state index is 7.50. The molecule has 0 bridgehead atoms. The van der Waals surface area contributed by atoms with E-state index in [2.05, 4.69) is 8.93 Å². The maximum absolute atomic E-state index is 7.50. The van der Waals surface area contributed by atoms with Crippen molar-refractivity contribution < 1.29 is 18.9 Å². The number of hydrogen-bond donors (Lipinski definition) is 0. The van der Waals surface area contributed by atoms with Gasteiger partial charge in [0.25, 0.3) is 0 Å². The Morgan fingerprint density at radius 3 is 1.75 bits per heavy atom. The van der Waals surface area contributed by atoms with Crippen molar-refractivity contribution in [2.24, 2.45) is 0 Å². The van der Waals surface area contributed by atoms with Gasteiger partial charge < -0.3 is 5.16 Å². The van der Waals surface area contributed by atoms with Crippen molar-refractivity contribution >= 4 is 17.0 Å². The fourth-order valence-corrected chi connectivity index (χ4v) is 0. The van der Waals surface area contributed by atoms with Gasteiger partial charge in [-0.15, -0.1) is 8.93 Å². The van der Waals surface area contributed by atoms with Gasteiger partial charge in [0.2, 0.25) is 0 Å². The minimum absolute atomic E-state index is 0. The van der Waals surface area contributed by atoms with E-state index >= 15 is 0 Å². The van der Waals surface area contributed by atoms with E-state index < -0.39 is 0 Å². The van der Waals surface area contributed by atoms with Crippen molar-refractivity contribution in [1.29, 1.82) is 0 Å². The fraction of sp³-hybridized carbons (Fsp3) is 0. The molecular formula is H2LiNP2. The van der Waals surface area contributed by atoms with Crippen LogP contribution in [-0.2, 0) is 0 Å². The molecule has 0 N–H and O–H groups in total. The Kier molecular flexibility index (Phi) is 19.9. The van der Waals surface area contributed by atoms with Gasteiger partial charge in [0.1, 0.15) is 0 Å². The van der Waals surface area contributed by atoms with Crippen LogP contribution in [0.25, 0.3) is 5.16 Å². The van der Waals surface area contributed by atoms with Gasteiger partial charge in [-0.3, -0.25) is 0 Å². The fourth-order valence-electron chi connectivity index (χ4n) is 0. The summed E-state index contributed by atoms with van der Waals surface area (Å²) in [6, 6.07) is 0. The largest absolute Gasteiger partial charge is 1.00 e. The second-order valence-electron chi connectivity index (χ2n) is 0.115. The van der Waals surface area contributed by atoms with E-state index in [9.17, 15) is 0 Å². The Balaban J connectivity index is 0. The quantitative estimate of drug-likeness (QED) is 0.252. The Morgan fingerprint density at radius 1 is 1.75 bits per heavy atom. The number of nitrogens with zero attached hydrogens (tertiary/aromatic N) is 1. The molecule has 0 aromatic carbocycles. The summed E-state index contributed by atoms with van der Waals surface area (Å²) in [5.41, 5.74) is 0. The van der Waals surface area contributed by atoms with Crippen molar-refractivity contribution in [3.05, 3.63) is 5.16 Å². The average Bonchev–Trinajstić information content (AvgIpc) is 0.918. The number of hydrogen-bond acceptors (Lipinski definition) is 0. The van der Waals surface area contributed by atoms with Gasteiger partial charge in [0, 0.05) is 0 Å². The molecule has 18 valence electrons. The topological polar surface area (TPSA) is 22.3 Å². The van der Waals surface area contributed by atoms with Gasteiger partial charge >= 0.3 is 18.9 Å². The third kappa shape index (κ3) is 11.1. The van der Waals surface area contributed by atoms with Crippen LogP contribution >= 0.6 is 17.0 Å². The molecule has 0 aliphatic rings. The molecule has 0 aromatic heterocycles. The molecule has 0 saturated carbocycles. The van der Waals surface area contributed by atoms with Crippen LogP contribution in [0.2, 0.25) is 0 Å². The van der Waals surface area contributed by atoms with Crippen molar-refractivity contribution in [3.8, 4) is 0 Å². The van der Waals surface area contributed by atoms with Gasteiger partial charge in [-0.1, -0.05) is 0 Å². The molecule has 0 saturated heterocycles. The Labute approximate surface area is 41.5 Å². The first-order chi connectivity index (χ1) is 1.41. The van der Waals surface area contributed by atoms with Crippen LogP contribution < -0.4 is 18.9 Å². The summed E-state index contributed by atoms with van der Waals surface area (Å²) in [6.45, 7) is 0. The normalized spacial score (nSPS) is 5.25. The Bertz CT molecular complexity index is 13.5. The molecule has 1 nitrogen and oxygen atoms in total. The summed E-state index contributed by atoms with van der Waals surface area (Å²) in [5, 5.41) is 7.50. The Morgan fingerprint density at radius 2 is 1.75 bits per heavy atom. The molecule has 0 spiro atoms. The molecule has 1 unspecified atom stereocenters. The van der Waals surface area contributed by atoms with Gasteiger partial charge in [-0.05, 0) is 0 Å². The van der Waals surface area contributed by atoms with Crippen LogP contribution in [-0.4, -0.2) is 0 Å². The molecule has 0 aliphatic carbocycles. The molecule has 0 aromatic rings. The third-order valence-electron chi connectivity index (χ3n) is 0. The predicted molar refractivity (Wildman–Crippen MR) is 20.0 cm³/mol. The molecule has 0 aliphatic heterocycles. The first-order valence-electron chi connectivity index (χ1n) is 0.458. The summed E-state index contributed by atoms with van der Waals surface area (Å²) in [4.78, 5) is 0. The standard InChI is InChI=1S/Li.H2NP2/c;1-3-2/h;2H2/q+1;-1. The minimum Gasteiger partial charge on any atom is -0.780 e. The molecular weight excluding hydrogens is 82.9 g/mol. The van der Waals surface area contributed by atoms with Crippen LogP contribution in [0.15, 0.2) is 0 Å². The van der Waals surface area contributed by atoms with Crippen LogP contribution in [0.4, 0.5) is 0 Å². The second kappa shape index (κ2) is 8.92. The van der Waals surface area contributed by atoms with E-state index in [0.29, 0.717) is 8.06 Å². The molecule has 0 heterocycles. The molecule has 0 amide bonds. The molecule has 0 fully saturated rings. The number of rotatable bonds is 0. The van der Waals surface area contributed by atoms with Gasteiger partial charge in [0.15, 0.2) is 0 Å². The second-order valence-corrected chi connectivity index (χ2v) is 1.04. The van der Waals surface area contributed by atoms with Gasteiger partial charge in [-0.2, -0.15) is 0 Å². The van der Waals surface area contributed by atoms with Crippen LogP contribution in [0.5, 0.6) is 0 Å². The molecule has 0 radical (unpaired) electrons. The molecule has 4 heteroatoms. The van der Waals surface area contributed by atoms with Crippen molar-refractivity contribution in [2.75, 3.05) is 0 Å².